The summed E-state index contributed by atoms with van der Waals surface area (Å²) in [4.78, 5) is 82.0. The van der Waals surface area contributed by atoms with Crippen LogP contribution in [0.1, 0.15) is 140 Å². The molecule has 4 aromatic rings. The molecule has 93 heavy (non-hydrogen) atoms. The number of fused-ring (bicyclic) bond motifs is 8. The van der Waals surface area contributed by atoms with Crippen LogP contribution < -0.4 is 14.7 Å². The van der Waals surface area contributed by atoms with Crippen LogP contribution in [0.25, 0.3) is 11.1 Å². The Morgan fingerprint density at radius 2 is 0.957 bits per heavy atom. The van der Waals surface area contributed by atoms with Crippen LogP contribution >= 0.6 is 0 Å². The Bertz CT molecular complexity index is 3360. The number of ether oxygens (including phenoxy) is 3. The summed E-state index contributed by atoms with van der Waals surface area (Å²) >= 11 is 0. The molecule has 1 aliphatic carbocycles. The van der Waals surface area contributed by atoms with Crippen molar-refractivity contribution in [3.63, 3.8) is 0 Å². The van der Waals surface area contributed by atoms with Gasteiger partial charge in [0.05, 0.1) is 32.4 Å². The highest BCUT2D eigenvalue weighted by Crippen LogP contribution is 2.52. The van der Waals surface area contributed by atoms with E-state index in [1.54, 1.807) is 47.2 Å². The molecular weight excluding hydrogens is 1200 g/mol. The number of alkyl halides is 3. The number of hydrogen-bond acceptors (Lipinski definition) is 12. The van der Waals surface area contributed by atoms with Crippen molar-refractivity contribution in [2.45, 2.75) is 176 Å². The van der Waals surface area contributed by atoms with Crippen molar-refractivity contribution < 1.29 is 60.1 Å². The predicted molar refractivity (Wildman–Crippen MR) is 343 cm³/mol. The number of rotatable bonds is 5. The summed E-state index contributed by atoms with van der Waals surface area (Å²) in [6.07, 6.45) is 11.9. The van der Waals surface area contributed by atoms with Gasteiger partial charge in [0.15, 0.2) is 0 Å². The molecule has 6 saturated heterocycles. The second kappa shape index (κ2) is 27.1. The molecule has 2 unspecified atom stereocenters. The molecule has 10 heterocycles. The van der Waals surface area contributed by atoms with Crippen LogP contribution in [0.4, 0.5) is 53.4 Å². The van der Waals surface area contributed by atoms with Gasteiger partial charge >= 0.3 is 24.5 Å². The summed E-state index contributed by atoms with van der Waals surface area (Å²) in [5, 5.41) is 0. The number of hydrogen-bond donors (Lipinski definition) is 0. The van der Waals surface area contributed by atoms with Crippen LogP contribution in [0.2, 0.25) is 0 Å². The molecule has 0 radical (unpaired) electrons. The van der Waals surface area contributed by atoms with Crippen LogP contribution in [0.5, 0.6) is 0 Å². The van der Waals surface area contributed by atoms with Gasteiger partial charge in [-0.25, -0.2) is 23.2 Å². The van der Waals surface area contributed by atoms with E-state index in [0.717, 1.165) is 175 Å². The summed E-state index contributed by atoms with van der Waals surface area (Å²) in [5.74, 6) is -1.65. The summed E-state index contributed by atoms with van der Waals surface area (Å²) in [5.41, 5.74) is 7.56. The van der Waals surface area contributed by atoms with E-state index in [1.165, 1.54) is 38.8 Å². The molecule has 7 fully saturated rings. The van der Waals surface area contributed by atoms with E-state index in [2.05, 4.69) is 43.9 Å². The standard InChI is InChI=1S/C27H34N4O3.C23H30FN3O4.C21H26F4N2O/c1-3-34-26(33)30-13-8-23(9-14-30)29-15-10-27(11-16-29)19-31(20(2)32)25-7-6-21(17-24(25)27)22-5-4-12-28-18-22;1-30-21(28)26-14-23(19-11-15(24)3-6-20(19)26)7-9-25(10-8-23)18-12-16-4-5-17(13-18)27(16)22(29)31-2;1-14(28)27-13-20(18-12-16(22)4-7-19(18)27)8-10-26(11-9-20)17-5-2-15(3-6-17)21(23,24)25/h4-7,12,17-18,23H,3,8-11,13-16,19H2,1-2H3;3,6,11,16-18H,4-5,7-10,12-14H2,1-2H3;4,7,12,15,17H,2-3,5-6,8-11,13H2,1H3. The fourth-order valence-corrected chi connectivity index (χ4v) is 18.0. The first-order valence-corrected chi connectivity index (χ1v) is 33.8. The quantitative estimate of drug-likeness (QED) is 0.138. The van der Waals surface area contributed by atoms with Crippen molar-refractivity contribution >= 4 is 47.2 Å². The third-order valence-corrected chi connectivity index (χ3v) is 23.1. The van der Waals surface area contributed by atoms with Crippen LogP contribution in [0, 0.1) is 17.6 Å². The minimum atomic E-state index is -4.08. The van der Waals surface area contributed by atoms with Crippen LogP contribution in [-0.4, -0.2) is 189 Å². The monoisotopic (exact) mass is 1290 g/mol. The van der Waals surface area contributed by atoms with Crippen molar-refractivity contribution in [1.82, 2.24) is 29.5 Å². The van der Waals surface area contributed by atoms with Gasteiger partial charge in [-0.3, -0.25) is 19.5 Å². The maximum absolute atomic E-state index is 14.1. The zero-order valence-corrected chi connectivity index (χ0v) is 54.4. The number of piperidine rings is 5. The Hall–Kier alpha value is -6.91. The summed E-state index contributed by atoms with van der Waals surface area (Å²) in [7, 11) is 2.84. The first-order chi connectivity index (χ1) is 44.7. The first-order valence-electron chi connectivity index (χ1n) is 33.8. The van der Waals surface area contributed by atoms with Crippen LogP contribution in [-0.2, 0) is 40.0 Å². The Balaban J connectivity index is 0.000000135. The third-order valence-electron chi connectivity index (χ3n) is 23.1. The SMILES string of the molecule is CC(=O)N1CC2(CCN(C3CCC(C(F)(F)F)CC3)CC2)c2cc(F)ccc21.CCOC(=O)N1CCC(N2CCC3(CC2)CN(C(C)=O)c2ccc(-c4cccnc4)cc23)CC1.COC(=O)N1CC2(CCN(C3CC4CCC(C3)N4C(=O)OC)CC2)c2cc(F)ccc21. The van der Waals surface area contributed by atoms with Crippen LogP contribution in [0.3, 0.4) is 0 Å². The normalized spacial score (nSPS) is 25.6. The molecule has 14 rings (SSSR count). The van der Waals surface area contributed by atoms with Crippen molar-refractivity contribution in [2.24, 2.45) is 5.92 Å². The second-order valence-electron chi connectivity index (χ2n) is 27.9. The zero-order chi connectivity index (χ0) is 65.6. The van der Waals surface area contributed by atoms with Gasteiger partial charge in [0.1, 0.15) is 11.6 Å². The van der Waals surface area contributed by atoms with Gasteiger partial charge in [-0.15, -0.1) is 0 Å². The van der Waals surface area contributed by atoms with Crippen molar-refractivity contribution in [3.8, 4) is 11.1 Å². The molecule has 0 N–H and O–H groups in total. The van der Waals surface area contributed by atoms with Gasteiger partial charge in [-0.05, 0) is 231 Å². The van der Waals surface area contributed by atoms with E-state index in [4.69, 9.17) is 14.2 Å². The van der Waals surface area contributed by atoms with Gasteiger partial charge in [0, 0.05) is 117 Å². The maximum atomic E-state index is 14.1. The van der Waals surface area contributed by atoms with Gasteiger partial charge in [0.25, 0.3) is 0 Å². The number of benzene rings is 3. The Morgan fingerprint density at radius 1 is 0.516 bits per heavy atom. The number of carbonyl (C=O) groups is 5. The number of likely N-dealkylation sites (tertiary alicyclic amines) is 4. The average Bonchev–Trinajstić information content (AvgIpc) is 1.62. The van der Waals surface area contributed by atoms with Gasteiger partial charge in [-0.1, -0.05) is 12.1 Å². The number of aromatic nitrogens is 1. The van der Waals surface area contributed by atoms with E-state index in [9.17, 15) is 45.9 Å². The molecule has 10 aliphatic rings. The minimum absolute atomic E-state index is 0.00135. The smallest absolute Gasteiger partial charge is 0.414 e. The molecule has 1 saturated carbocycles. The van der Waals surface area contributed by atoms with Crippen molar-refractivity contribution in [2.75, 3.05) is 108 Å². The van der Waals surface area contributed by atoms with E-state index in [0.29, 0.717) is 44.6 Å². The molecule has 5 amide bonds. The van der Waals surface area contributed by atoms with Gasteiger partial charge in [0.2, 0.25) is 11.8 Å². The fraction of sp³-hybridized carbons (Fsp3) is 0.606. The van der Waals surface area contributed by atoms with E-state index in [1.807, 2.05) is 33.9 Å². The number of nitrogens with zero attached hydrogens (tertiary/aromatic N) is 9. The molecule has 2 atom stereocenters. The summed E-state index contributed by atoms with van der Waals surface area (Å²) in [6.45, 7) is 14.3. The van der Waals surface area contributed by atoms with E-state index < -0.39 is 12.1 Å². The highest BCUT2D eigenvalue weighted by molar-refractivity contribution is 5.96. The third kappa shape index (κ3) is 13.2. The topological polar surface area (TPSA) is 152 Å². The molecule has 1 aromatic heterocycles. The number of halogens is 5. The number of carbonyl (C=O) groups excluding carboxylic acids is 5. The lowest BCUT2D eigenvalue weighted by molar-refractivity contribution is -0.184. The highest BCUT2D eigenvalue weighted by Gasteiger charge is 2.53. The minimum Gasteiger partial charge on any atom is -0.453 e. The molecular formula is C71H90F5N9O8. The van der Waals surface area contributed by atoms with Crippen molar-refractivity contribution in [3.05, 3.63) is 107 Å². The van der Waals surface area contributed by atoms with Gasteiger partial charge in [-0.2, -0.15) is 13.2 Å². The number of methoxy groups -OCH3 is 2. The lowest BCUT2D eigenvalue weighted by Gasteiger charge is -2.47. The molecule has 17 nitrogen and oxygen atoms in total. The maximum Gasteiger partial charge on any atom is 0.414 e. The summed E-state index contributed by atoms with van der Waals surface area (Å²) in [6, 6.07) is 21.6. The lowest BCUT2D eigenvalue weighted by Crippen LogP contribution is -2.55. The second-order valence-corrected chi connectivity index (χ2v) is 27.9. The molecule has 3 spiro atoms. The van der Waals surface area contributed by atoms with Crippen LogP contribution in [0.15, 0.2) is 79.1 Å². The number of anilines is 3. The highest BCUT2D eigenvalue weighted by atomic mass is 19.4. The predicted octanol–water partition coefficient (Wildman–Crippen LogP) is 12.2. The van der Waals surface area contributed by atoms with E-state index >= 15 is 0 Å². The van der Waals surface area contributed by atoms with E-state index in [-0.39, 0.29) is 88.9 Å². The largest absolute Gasteiger partial charge is 0.453 e. The molecule has 502 valence electrons. The zero-order valence-electron chi connectivity index (χ0n) is 54.4. The first kappa shape index (κ1) is 66.1. The van der Waals surface area contributed by atoms with Crippen molar-refractivity contribution in [1.29, 1.82) is 0 Å². The number of pyridine rings is 1. The van der Waals surface area contributed by atoms with Gasteiger partial charge < -0.3 is 48.5 Å². The molecule has 9 aliphatic heterocycles. The molecule has 2 bridgehead atoms. The summed E-state index contributed by atoms with van der Waals surface area (Å²) < 4.78 is 81.9. The Labute approximate surface area is 542 Å². The average molecular weight is 1290 g/mol. The Morgan fingerprint density at radius 3 is 1.41 bits per heavy atom. The fourth-order valence-electron chi connectivity index (χ4n) is 18.0. The molecule has 3 aromatic carbocycles. The lowest BCUT2D eigenvalue weighted by atomic mass is 9.73. The number of amides is 5. The Kier molecular flexibility index (Phi) is 19.2. The molecule has 22 heteroatoms.